The van der Waals surface area contributed by atoms with E-state index in [2.05, 4.69) is 65.6 Å². The Kier molecular flexibility index (Phi) is 4.32. The number of aromatic amines is 1. The van der Waals surface area contributed by atoms with E-state index in [0.717, 1.165) is 49.6 Å². The quantitative estimate of drug-likeness (QED) is 0.381. The van der Waals surface area contributed by atoms with Gasteiger partial charge in [0.25, 0.3) is 0 Å². The molecule has 0 aliphatic rings. The van der Waals surface area contributed by atoms with Crippen LogP contribution in [-0.4, -0.2) is 28.5 Å². The van der Waals surface area contributed by atoms with Crippen molar-refractivity contribution in [2.75, 3.05) is 0 Å². The smallest absolute Gasteiger partial charge is 0.135 e. The zero-order valence-electron chi connectivity index (χ0n) is 18.8. The fourth-order valence-corrected chi connectivity index (χ4v) is 5.18. The van der Waals surface area contributed by atoms with Crippen LogP contribution in [0.5, 0.6) is 0 Å². The molecule has 7 aromatic rings. The molecular formula is C30H16B3NO. The van der Waals surface area contributed by atoms with Crippen molar-refractivity contribution in [2.24, 2.45) is 0 Å². The molecule has 7 rings (SSSR count). The van der Waals surface area contributed by atoms with E-state index in [9.17, 15) is 0 Å². The summed E-state index contributed by atoms with van der Waals surface area (Å²) in [5.41, 5.74) is 8.86. The van der Waals surface area contributed by atoms with Gasteiger partial charge in [-0.1, -0.05) is 77.7 Å². The Labute approximate surface area is 206 Å². The van der Waals surface area contributed by atoms with Gasteiger partial charge in [-0.2, -0.15) is 0 Å². The molecule has 0 aliphatic carbocycles. The van der Waals surface area contributed by atoms with Gasteiger partial charge >= 0.3 is 0 Å². The minimum atomic E-state index is 0.348. The summed E-state index contributed by atoms with van der Waals surface area (Å²) in [4.78, 5) is 3.49. The third kappa shape index (κ3) is 2.94. The standard InChI is InChI=1S/C30H16B3NO/c31-27-25(26-20-6-2-4-8-24(20)35-30(26)29(33)28(27)32)17-11-9-16(10-12-17)18-13-14-23-21(15-18)19-5-1-3-7-22(19)34-23/h1-15,34H. The zero-order chi connectivity index (χ0) is 23.7. The molecule has 1 N–H and O–H groups in total. The normalized spacial score (nSPS) is 11.8. The fourth-order valence-electron chi connectivity index (χ4n) is 5.18. The molecular weight excluding hydrogens is 423 g/mol. The van der Waals surface area contributed by atoms with E-state index in [4.69, 9.17) is 28.0 Å². The first-order valence-electron chi connectivity index (χ1n) is 11.5. The molecule has 0 fully saturated rings. The van der Waals surface area contributed by atoms with Crippen molar-refractivity contribution in [3.63, 3.8) is 0 Å². The summed E-state index contributed by atoms with van der Waals surface area (Å²) in [5, 5.41) is 4.28. The molecule has 6 radical (unpaired) electrons. The Morgan fingerprint density at radius 2 is 1.20 bits per heavy atom. The van der Waals surface area contributed by atoms with Gasteiger partial charge in [-0.3, -0.25) is 0 Å². The first kappa shape index (κ1) is 20.3. The van der Waals surface area contributed by atoms with Crippen molar-refractivity contribution in [2.45, 2.75) is 0 Å². The van der Waals surface area contributed by atoms with Gasteiger partial charge in [-0.25, -0.2) is 0 Å². The maximum absolute atomic E-state index is 6.53. The lowest BCUT2D eigenvalue weighted by atomic mass is 9.68. The molecule has 0 saturated carbocycles. The van der Waals surface area contributed by atoms with E-state index in [-0.39, 0.29) is 0 Å². The van der Waals surface area contributed by atoms with Crippen LogP contribution in [0, 0.1) is 0 Å². The molecule has 0 amide bonds. The predicted octanol–water partition coefficient (Wildman–Crippen LogP) is 4.94. The lowest BCUT2D eigenvalue weighted by Crippen LogP contribution is -2.40. The number of para-hydroxylation sites is 2. The third-order valence-corrected chi connectivity index (χ3v) is 6.95. The largest absolute Gasteiger partial charge is 0.457 e. The molecule has 2 aromatic heterocycles. The minimum absolute atomic E-state index is 0.348. The monoisotopic (exact) mass is 439 g/mol. The molecule has 5 heteroatoms. The fraction of sp³-hybridized carbons (Fsp3) is 0. The lowest BCUT2D eigenvalue weighted by Gasteiger charge is -2.16. The summed E-state index contributed by atoms with van der Waals surface area (Å²) in [6.07, 6.45) is 0. The first-order chi connectivity index (χ1) is 17.1. The van der Waals surface area contributed by atoms with Gasteiger partial charge in [-0.05, 0) is 46.5 Å². The highest BCUT2D eigenvalue weighted by atomic mass is 16.3. The lowest BCUT2D eigenvalue weighted by molar-refractivity contribution is 0.672. The average Bonchev–Trinajstić information content (AvgIpc) is 3.46. The maximum Gasteiger partial charge on any atom is 0.135 e. The second-order valence-corrected chi connectivity index (χ2v) is 8.93. The van der Waals surface area contributed by atoms with E-state index in [1.807, 2.05) is 30.3 Å². The molecule has 0 unspecified atom stereocenters. The Hall–Kier alpha value is -4.11. The van der Waals surface area contributed by atoms with Crippen LogP contribution in [0.3, 0.4) is 0 Å². The third-order valence-electron chi connectivity index (χ3n) is 6.95. The summed E-state index contributed by atoms with van der Waals surface area (Å²) in [6.45, 7) is 0. The second kappa shape index (κ2) is 7.45. The summed E-state index contributed by atoms with van der Waals surface area (Å²) in [6, 6.07) is 31.1. The highest BCUT2D eigenvalue weighted by Crippen LogP contribution is 2.35. The van der Waals surface area contributed by atoms with Gasteiger partial charge in [0.1, 0.15) is 34.7 Å². The van der Waals surface area contributed by atoms with Crippen molar-refractivity contribution in [1.29, 1.82) is 0 Å². The van der Waals surface area contributed by atoms with E-state index < -0.39 is 0 Å². The summed E-state index contributed by atoms with van der Waals surface area (Å²) < 4.78 is 6.08. The summed E-state index contributed by atoms with van der Waals surface area (Å²) in [5.74, 6) is 0. The van der Waals surface area contributed by atoms with Gasteiger partial charge in [0.05, 0.1) is 0 Å². The highest BCUT2D eigenvalue weighted by Gasteiger charge is 2.18. The number of hydrogen-bond acceptors (Lipinski definition) is 1. The Morgan fingerprint density at radius 1 is 0.543 bits per heavy atom. The number of fused-ring (bicyclic) bond motifs is 6. The SMILES string of the molecule is [B]c1c([B])c(-c2ccc(-c3ccc4[nH]c5ccccc5c4c3)cc2)c2c(oc3ccccc32)c1[B]. The van der Waals surface area contributed by atoms with Crippen LogP contribution < -0.4 is 16.4 Å². The van der Waals surface area contributed by atoms with Gasteiger partial charge < -0.3 is 9.40 Å². The number of benzene rings is 5. The van der Waals surface area contributed by atoms with E-state index in [1.165, 1.54) is 10.8 Å². The van der Waals surface area contributed by atoms with Gasteiger partial charge in [0.2, 0.25) is 0 Å². The average molecular weight is 439 g/mol. The van der Waals surface area contributed by atoms with Crippen LogP contribution >= 0.6 is 0 Å². The summed E-state index contributed by atoms with van der Waals surface area (Å²) >= 11 is 0. The summed E-state index contributed by atoms with van der Waals surface area (Å²) in [7, 11) is 19.1. The molecule has 35 heavy (non-hydrogen) atoms. The molecule has 0 bridgehead atoms. The van der Waals surface area contributed by atoms with E-state index >= 15 is 0 Å². The number of furan rings is 1. The molecule has 0 saturated heterocycles. The zero-order valence-corrected chi connectivity index (χ0v) is 18.8. The van der Waals surface area contributed by atoms with Crippen molar-refractivity contribution in [3.05, 3.63) is 91.0 Å². The van der Waals surface area contributed by atoms with Crippen LogP contribution in [0.15, 0.2) is 95.4 Å². The van der Waals surface area contributed by atoms with Gasteiger partial charge in [0.15, 0.2) is 0 Å². The first-order valence-corrected chi connectivity index (χ1v) is 11.5. The van der Waals surface area contributed by atoms with Crippen molar-refractivity contribution in [1.82, 2.24) is 4.98 Å². The Bertz CT molecular complexity index is 1930. The molecule has 0 atom stereocenters. The van der Waals surface area contributed by atoms with Crippen LogP contribution in [0.4, 0.5) is 0 Å². The second-order valence-electron chi connectivity index (χ2n) is 8.93. The Balaban J connectivity index is 1.40. The minimum Gasteiger partial charge on any atom is -0.457 e. The molecule has 5 aromatic carbocycles. The molecule has 2 heterocycles. The van der Waals surface area contributed by atoms with E-state index in [0.29, 0.717) is 22.0 Å². The number of aromatic nitrogens is 1. The molecule has 0 aliphatic heterocycles. The molecule has 2 nitrogen and oxygen atoms in total. The maximum atomic E-state index is 6.53. The number of nitrogens with one attached hydrogen (secondary N) is 1. The van der Waals surface area contributed by atoms with Gasteiger partial charge in [-0.15, -0.1) is 5.46 Å². The van der Waals surface area contributed by atoms with Crippen LogP contribution in [0.1, 0.15) is 0 Å². The van der Waals surface area contributed by atoms with Crippen LogP contribution in [0.2, 0.25) is 0 Å². The van der Waals surface area contributed by atoms with Gasteiger partial charge in [0, 0.05) is 32.6 Å². The topological polar surface area (TPSA) is 28.9 Å². The van der Waals surface area contributed by atoms with Crippen LogP contribution in [-0.2, 0) is 0 Å². The molecule has 156 valence electrons. The Morgan fingerprint density at radius 3 is 2.03 bits per heavy atom. The predicted molar refractivity (Wildman–Crippen MR) is 150 cm³/mol. The highest BCUT2D eigenvalue weighted by molar-refractivity contribution is 6.62. The van der Waals surface area contributed by atoms with E-state index in [1.54, 1.807) is 0 Å². The van der Waals surface area contributed by atoms with Crippen molar-refractivity contribution >= 4 is 83.7 Å². The number of rotatable bonds is 2. The number of H-pyrrole nitrogens is 1. The van der Waals surface area contributed by atoms with Crippen LogP contribution in [0.25, 0.3) is 66.0 Å². The molecule has 0 spiro atoms. The van der Waals surface area contributed by atoms with Crippen molar-refractivity contribution < 1.29 is 4.42 Å². The number of hydrogen-bond donors (Lipinski definition) is 1. The van der Waals surface area contributed by atoms with Crippen molar-refractivity contribution in [3.8, 4) is 22.3 Å².